The summed E-state index contributed by atoms with van der Waals surface area (Å²) in [5.74, 6) is 0.510. The quantitative estimate of drug-likeness (QED) is 0.393. The van der Waals surface area contributed by atoms with E-state index in [0.29, 0.717) is 29.3 Å². The minimum Gasteiger partial charge on any atom is -0.497 e. The Labute approximate surface area is 224 Å². The fourth-order valence-electron chi connectivity index (χ4n) is 4.72. The highest BCUT2D eigenvalue weighted by atomic mass is 32.2. The van der Waals surface area contributed by atoms with Gasteiger partial charge >= 0.3 is 0 Å². The molecular weight excluding hydrogens is 502 g/mol. The van der Waals surface area contributed by atoms with Crippen molar-refractivity contribution < 1.29 is 22.7 Å². The minimum atomic E-state index is -3.69. The number of ether oxygens (including phenoxy) is 1. The Morgan fingerprint density at radius 1 is 1.03 bits per heavy atom. The molecule has 0 saturated carbocycles. The normalized spacial score (nSPS) is 14.5. The van der Waals surface area contributed by atoms with E-state index in [9.17, 15) is 18.0 Å². The van der Waals surface area contributed by atoms with Crippen molar-refractivity contribution in [3.05, 3.63) is 66.2 Å². The van der Waals surface area contributed by atoms with Crippen LogP contribution in [0.25, 0.3) is 10.8 Å². The molecule has 0 aliphatic carbocycles. The molecule has 38 heavy (non-hydrogen) atoms. The predicted molar refractivity (Wildman–Crippen MR) is 149 cm³/mol. The highest BCUT2D eigenvalue weighted by molar-refractivity contribution is 7.93. The Morgan fingerprint density at radius 3 is 2.45 bits per heavy atom. The van der Waals surface area contributed by atoms with Crippen LogP contribution in [-0.4, -0.2) is 51.4 Å². The Kier molecular flexibility index (Phi) is 8.26. The van der Waals surface area contributed by atoms with E-state index in [4.69, 9.17) is 4.74 Å². The average Bonchev–Trinajstić information content (AvgIpc) is 3.13. The molecule has 0 radical (unpaired) electrons. The Balaban J connectivity index is 1.49. The maximum absolute atomic E-state index is 13.5. The molecule has 1 aliphatic rings. The maximum Gasteiger partial charge on any atom is 0.265 e. The molecule has 0 aromatic heterocycles. The van der Waals surface area contributed by atoms with Crippen LogP contribution in [-0.2, 0) is 26.2 Å². The van der Waals surface area contributed by atoms with Gasteiger partial charge in [0.15, 0.2) is 0 Å². The number of rotatable bonds is 11. The van der Waals surface area contributed by atoms with E-state index in [1.165, 1.54) is 4.31 Å². The fraction of sp³-hybridized carbons (Fsp3) is 0.379. The van der Waals surface area contributed by atoms with Crippen molar-refractivity contribution >= 4 is 38.3 Å². The number of benzene rings is 3. The molecule has 1 heterocycles. The summed E-state index contributed by atoms with van der Waals surface area (Å²) in [7, 11) is -2.11. The number of sulfonamides is 1. The first-order chi connectivity index (χ1) is 18.1. The van der Waals surface area contributed by atoms with Gasteiger partial charge in [0.05, 0.1) is 17.7 Å². The van der Waals surface area contributed by atoms with Crippen molar-refractivity contribution in [2.45, 2.75) is 51.1 Å². The highest BCUT2D eigenvalue weighted by Crippen LogP contribution is 2.42. The van der Waals surface area contributed by atoms with E-state index >= 15 is 0 Å². The first-order valence-corrected chi connectivity index (χ1v) is 14.3. The number of methoxy groups -OCH3 is 1. The van der Waals surface area contributed by atoms with Gasteiger partial charge in [0.1, 0.15) is 11.8 Å². The van der Waals surface area contributed by atoms with Crippen molar-refractivity contribution in [3.63, 3.8) is 0 Å². The SMILES string of the molecule is COc1cccc(CN(C(=O)CCCN2c3cccc4cccc(c34)S2(=O)=O)[C@@H](C)C(=O)NCC(C)C)c1. The van der Waals surface area contributed by atoms with E-state index in [-0.39, 0.29) is 37.2 Å². The third-order valence-electron chi connectivity index (χ3n) is 6.77. The van der Waals surface area contributed by atoms with E-state index in [1.807, 2.05) is 56.3 Å². The Morgan fingerprint density at radius 2 is 1.74 bits per heavy atom. The van der Waals surface area contributed by atoms with Gasteiger partial charge in [0.25, 0.3) is 10.0 Å². The summed E-state index contributed by atoms with van der Waals surface area (Å²) in [6, 6.07) is 17.5. The van der Waals surface area contributed by atoms with Gasteiger partial charge in [0, 0.05) is 31.4 Å². The summed E-state index contributed by atoms with van der Waals surface area (Å²) in [5.41, 5.74) is 1.48. The summed E-state index contributed by atoms with van der Waals surface area (Å²) >= 11 is 0. The van der Waals surface area contributed by atoms with Crippen LogP contribution < -0.4 is 14.4 Å². The van der Waals surface area contributed by atoms with Crippen LogP contribution in [0.15, 0.2) is 65.6 Å². The lowest BCUT2D eigenvalue weighted by Crippen LogP contribution is -2.48. The Hall–Kier alpha value is -3.59. The van der Waals surface area contributed by atoms with E-state index in [2.05, 4.69) is 5.32 Å². The summed E-state index contributed by atoms with van der Waals surface area (Å²) in [5, 5.41) is 4.50. The van der Waals surface area contributed by atoms with Crippen molar-refractivity contribution in [1.82, 2.24) is 10.2 Å². The standard InChI is InChI=1S/C29H35N3O5S/c1-20(2)18-30-29(34)21(3)31(19-22-9-5-12-24(17-22)37-4)27(33)15-8-16-32-25-13-6-10-23-11-7-14-26(28(23)25)38(32,35)36/h5-7,9-14,17,20-21H,8,15-16,18-19H2,1-4H3,(H,30,34)/t21-/m0/s1. The number of carbonyl (C=O) groups excluding carboxylic acids is 2. The molecule has 8 nitrogen and oxygen atoms in total. The number of carbonyl (C=O) groups is 2. The average molecular weight is 538 g/mol. The van der Waals surface area contributed by atoms with Crippen molar-refractivity contribution in [3.8, 4) is 5.75 Å². The first kappa shape index (κ1) is 27.4. The Bertz CT molecular complexity index is 1430. The van der Waals surface area contributed by atoms with Gasteiger partial charge < -0.3 is 15.0 Å². The molecule has 1 N–H and O–H groups in total. The van der Waals surface area contributed by atoms with Gasteiger partial charge in [-0.1, -0.05) is 50.2 Å². The molecule has 3 aromatic rings. The van der Waals surface area contributed by atoms with Gasteiger partial charge in [-0.3, -0.25) is 13.9 Å². The fourth-order valence-corrected chi connectivity index (χ4v) is 6.47. The molecule has 202 valence electrons. The predicted octanol–water partition coefficient (Wildman–Crippen LogP) is 4.33. The second-order valence-corrected chi connectivity index (χ2v) is 11.8. The van der Waals surface area contributed by atoms with Crippen LogP contribution in [0.2, 0.25) is 0 Å². The number of hydrogen-bond acceptors (Lipinski definition) is 5. The third-order valence-corrected chi connectivity index (χ3v) is 8.63. The lowest BCUT2D eigenvalue weighted by Gasteiger charge is -2.29. The first-order valence-electron chi connectivity index (χ1n) is 12.9. The van der Waals surface area contributed by atoms with Crippen LogP contribution >= 0.6 is 0 Å². The molecule has 0 unspecified atom stereocenters. The number of nitrogens with one attached hydrogen (secondary N) is 1. The number of anilines is 1. The number of amides is 2. The second kappa shape index (κ2) is 11.4. The summed E-state index contributed by atoms with van der Waals surface area (Å²) in [6.45, 7) is 6.66. The van der Waals surface area contributed by atoms with Crippen LogP contribution in [0.5, 0.6) is 5.75 Å². The molecule has 1 atom stereocenters. The van der Waals surface area contributed by atoms with Crippen LogP contribution in [0, 0.1) is 5.92 Å². The third kappa shape index (κ3) is 5.62. The van der Waals surface area contributed by atoms with E-state index < -0.39 is 16.1 Å². The van der Waals surface area contributed by atoms with E-state index in [0.717, 1.165) is 16.3 Å². The molecule has 0 fully saturated rings. The molecule has 1 aliphatic heterocycles. The molecule has 0 spiro atoms. The van der Waals surface area contributed by atoms with Gasteiger partial charge in [0.2, 0.25) is 11.8 Å². The van der Waals surface area contributed by atoms with Crippen molar-refractivity contribution in [2.24, 2.45) is 5.92 Å². The van der Waals surface area contributed by atoms with Crippen LogP contribution in [0.1, 0.15) is 39.2 Å². The van der Waals surface area contributed by atoms with Crippen LogP contribution in [0.4, 0.5) is 5.69 Å². The lowest BCUT2D eigenvalue weighted by atomic mass is 10.1. The molecule has 2 amide bonds. The highest BCUT2D eigenvalue weighted by Gasteiger charge is 2.35. The number of hydrogen-bond donors (Lipinski definition) is 1. The molecule has 9 heteroatoms. The lowest BCUT2D eigenvalue weighted by molar-refractivity contribution is -0.140. The maximum atomic E-state index is 13.5. The summed E-state index contributed by atoms with van der Waals surface area (Å²) in [4.78, 5) is 28.2. The zero-order valence-electron chi connectivity index (χ0n) is 22.3. The van der Waals surface area contributed by atoms with Crippen molar-refractivity contribution in [1.29, 1.82) is 0 Å². The molecular formula is C29H35N3O5S. The molecule has 3 aromatic carbocycles. The smallest absolute Gasteiger partial charge is 0.265 e. The zero-order valence-corrected chi connectivity index (χ0v) is 23.1. The topological polar surface area (TPSA) is 96.0 Å². The van der Waals surface area contributed by atoms with Gasteiger partial charge in [-0.25, -0.2) is 8.42 Å². The molecule has 0 bridgehead atoms. The minimum absolute atomic E-state index is 0.101. The monoisotopic (exact) mass is 537 g/mol. The van der Waals surface area contributed by atoms with Crippen LogP contribution in [0.3, 0.4) is 0 Å². The molecule has 4 rings (SSSR count). The van der Waals surface area contributed by atoms with Crippen molar-refractivity contribution in [2.75, 3.05) is 24.5 Å². The summed E-state index contributed by atoms with van der Waals surface area (Å²) < 4.78 is 33.2. The molecule has 0 saturated heterocycles. The van der Waals surface area contributed by atoms with Gasteiger partial charge in [-0.2, -0.15) is 0 Å². The zero-order chi connectivity index (χ0) is 27.4. The van der Waals surface area contributed by atoms with Gasteiger partial charge in [-0.05, 0) is 54.5 Å². The second-order valence-electron chi connectivity index (χ2n) is 10.0. The van der Waals surface area contributed by atoms with E-state index in [1.54, 1.807) is 37.1 Å². The number of nitrogens with zero attached hydrogens (tertiary/aromatic N) is 2. The largest absolute Gasteiger partial charge is 0.497 e. The summed E-state index contributed by atoms with van der Waals surface area (Å²) in [6.07, 6.45) is 0.418. The van der Waals surface area contributed by atoms with Gasteiger partial charge in [-0.15, -0.1) is 0 Å².